The number of rotatable bonds is 10. The first-order chi connectivity index (χ1) is 15.0. The summed E-state index contributed by atoms with van der Waals surface area (Å²) >= 11 is 0. The van der Waals surface area contributed by atoms with Crippen LogP contribution in [0, 0.1) is 0 Å². The van der Waals surface area contributed by atoms with Crippen molar-refractivity contribution in [1.82, 2.24) is 35.5 Å². The molecule has 3 rings (SSSR count). The maximum Gasteiger partial charge on any atom is 0.408 e. The van der Waals surface area contributed by atoms with Crippen molar-refractivity contribution >= 4 is 30.0 Å². The fourth-order valence-electron chi connectivity index (χ4n) is 2.55. The van der Waals surface area contributed by atoms with E-state index in [-0.39, 0.29) is 19.0 Å². The lowest BCUT2D eigenvalue weighted by Gasteiger charge is -2.16. The molecule has 0 bridgehead atoms. The van der Waals surface area contributed by atoms with Gasteiger partial charge in [0.2, 0.25) is 0 Å². The molecular weight excluding hydrogens is 406 g/mol. The van der Waals surface area contributed by atoms with Gasteiger partial charge >= 0.3 is 12.1 Å². The van der Waals surface area contributed by atoms with Crippen molar-refractivity contribution in [1.29, 1.82) is 0 Å². The summed E-state index contributed by atoms with van der Waals surface area (Å²) in [5.41, 5.74) is 0.750. The second-order valence-electron chi connectivity index (χ2n) is 6.33. The minimum atomic E-state index is -1.31. The number of carbonyl (C=O) groups excluding carboxylic acids is 2. The average Bonchev–Trinajstić information content (AvgIpc) is 3.42. The van der Waals surface area contributed by atoms with Crippen LogP contribution in [0.15, 0.2) is 42.7 Å². The van der Waals surface area contributed by atoms with Crippen LogP contribution in [0.4, 0.5) is 4.79 Å². The molecule has 160 valence electrons. The van der Waals surface area contributed by atoms with E-state index in [1.165, 1.54) is 4.68 Å². The van der Waals surface area contributed by atoms with Gasteiger partial charge in [-0.25, -0.2) is 14.5 Å². The number of ether oxygens (including phenoxy) is 1. The molecule has 0 aliphatic carbocycles. The van der Waals surface area contributed by atoms with Crippen LogP contribution in [0.3, 0.4) is 0 Å². The maximum absolute atomic E-state index is 12.6. The Balaban J connectivity index is 1.61. The number of amides is 1. The maximum atomic E-state index is 12.6. The van der Waals surface area contributed by atoms with Crippen molar-refractivity contribution in [3.05, 3.63) is 59.9 Å². The van der Waals surface area contributed by atoms with Crippen molar-refractivity contribution in [3.63, 3.8) is 0 Å². The van der Waals surface area contributed by atoms with Crippen LogP contribution in [0.5, 0.6) is 0 Å². The predicted octanol–water partition coefficient (Wildman–Crippen LogP) is 0.905. The fourth-order valence-corrected chi connectivity index (χ4v) is 2.55. The van der Waals surface area contributed by atoms with Gasteiger partial charge in [-0.05, 0) is 28.1 Å². The summed E-state index contributed by atoms with van der Waals surface area (Å²) in [7, 11) is 0. The smallest absolute Gasteiger partial charge is 0.408 e. The molecular formula is C19H19N7O5. The number of alkyl carbamates (subject to hydrolysis) is 1. The van der Waals surface area contributed by atoms with Crippen molar-refractivity contribution in [2.24, 2.45) is 0 Å². The van der Waals surface area contributed by atoms with Gasteiger partial charge in [0.1, 0.15) is 25.0 Å². The number of tetrazole rings is 1. The van der Waals surface area contributed by atoms with Crippen LogP contribution in [-0.2, 0) is 27.5 Å². The Bertz CT molecular complexity index is 1050. The number of aliphatic carboxylic acids is 1. The lowest BCUT2D eigenvalue weighted by molar-refractivity contribution is -0.139. The van der Waals surface area contributed by atoms with Crippen LogP contribution in [0.25, 0.3) is 12.2 Å². The van der Waals surface area contributed by atoms with Crippen LogP contribution < -0.4 is 5.32 Å². The monoisotopic (exact) mass is 425 g/mol. The molecule has 0 fully saturated rings. The van der Waals surface area contributed by atoms with Crippen molar-refractivity contribution in [2.75, 3.05) is 0 Å². The predicted molar refractivity (Wildman–Crippen MR) is 106 cm³/mol. The number of carboxylic acids is 1. The van der Waals surface area contributed by atoms with E-state index in [0.717, 1.165) is 5.56 Å². The molecule has 1 amide bonds. The van der Waals surface area contributed by atoms with Crippen molar-refractivity contribution in [2.45, 2.75) is 25.6 Å². The normalized spacial score (nSPS) is 11.9. The first-order valence-electron chi connectivity index (χ1n) is 9.16. The number of nitrogens with zero attached hydrogens (tertiary/aromatic N) is 5. The summed E-state index contributed by atoms with van der Waals surface area (Å²) < 4.78 is 6.25. The van der Waals surface area contributed by atoms with Gasteiger partial charge in [-0.1, -0.05) is 30.3 Å². The number of imidazole rings is 1. The topological polar surface area (TPSA) is 165 Å². The fraction of sp³-hybridized carbons (Fsp3) is 0.211. The molecule has 12 nitrogen and oxygen atoms in total. The van der Waals surface area contributed by atoms with E-state index in [9.17, 15) is 14.4 Å². The first-order valence-corrected chi connectivity index (χ1v) is 9.16. The highest BCUT2D eigenvalue weighted by molar-refractivity contribution is 5.90. The number of carbonyl (C=O) groups is 3. The van der Waals surface area contributed by atoms with Gasteiger partial charge in [-0.3, -0.25) is 9.59 Å². The lowest BCUT2D eigenvalue weighted by Crippen LogP contribution is -2.44. The third-order valence-electron chi connectivity index (χ3n) is 4.05. The second-order valence-corrected chi connectivity index (χ2v) is 6.33. The molecule has 1 atom stereocenters. The summed E-state index contributed by atoms with van der Waals surface area (Å²) in [5.74, 6) is -1.03. The largest absolute Gasteiger partial charge is 0.481 e. The number of hydrogen-bond donors (Lipinski definition) is 3. The number of hydrogen-bond acceptors (Lipinski definition) is 8. The number of H-pyrrole nitrogens is 1. The zero-order valence-electron chi connectivity index (χ0n) is 16.2. The molecule has 0 saturated carbocycles. The highest BCUT2D eigenvalue weighted by Gasteiger charge is 2.25. The standard InChI is InChI=1S/C19H19N7O5/c27-15(11-26-17(23-24-25-26)7-6-16-20-8-9-21-16)14(10-18(28)29)22-19(30)31-12-13-4-2-1-3-5-13/h1-9,14H,10-12H2,(H,20,21)(H,22,30)(H,28,29)/b7-6+. The van der Waals surface area contributed by atoms with Crippen LogP contribution in [0.2, 0.25) is 0 Å². The van der Waals surface area contributed by atoms with E-state index >= 15 is 0 Å². The van der Waals surface area contributed by atoms with E-state index < -0.39 is 30.3 Å². The van der Waals surface area contributed by atoms with Crippen LogP contribution in [0.1, 0.15) is 23.6 Å². The van der Waals surface area contributed by atoms with Gasteiger partial charge < -0.3 is 20.1 Å². The minimum Gasteiger partial charge on any atom is -0.481 e. The number of ketones is 1. The Morgan fingerprint density at radius 3 is 2.74 bits per heavy atom. The van der Waals surface area contributed by atoms with Gasteiger partial charge in [0, 0.05) is 12.4 Å². The molecule has 12 heteroatoms. The summed E-state index contributed by atoms with van der Waals surface area (Å²) in [5, 5.41) is 22.5. The molecule has 0 saturated heterocycles. The van der Waals surface area contributed by atoms with Crippen molar-refractivity contribution < 1.29 is 24.2 Å². The zero-order valence-corrected chi connectivity index (χ0v) is 16.2. The van der Waals surface area contributed by atoms with E-state index in [1.807, 2.05) is 6.07 Å². The van der Waals surface area contributed by atoms with Gasteiger partial charge in [0.15, 0.2) is 11.6 Å². The third kappa shape index (κ3) is 6.59. The van der Waals surface area contributed by atoms with Crippen LogP contribution in [-0.4, -0.2) is 59.2 Å². The van der Waals surface area contributed by atoms with Gasteiger partial charge in [-0.15, -0.1) is 5.10 Å². The Labute approximate surface area is 175 Å². The molecule has 3 aromatic rings. The van der Waals surface area contributed by atoms with E-state index in [2.05, 4.69) is 30.8 Å². The summed E-state index contributed by atoms with van der Waals surface area (Å²) in [6.07, 6.45) is 4.86. The van der Waals surface area contributed by atoms with E-state index in [0.29, 0.717) is 5.82 Å². The number of benzene rings is 1. The molecule has 2 heterocycles. The number of aromatic nitrogens is 6. The highest BCUT2D eigenvalue weighted by atomic mass is 16.5. The van der Waals surface area contributed by atoms with Gasteiger partial charge in [-0.2, -0.15) is 0 Å². The molecule has 31 heavy (non-hydrogen) atoms. The summed E-state index contributed by atoms with van der Waals surface area (Å²) in [6.45, 7) is -0.364. The quantitative estimate of drug-likeness (QED) is 0.428. The molecule has 0 spiro atoms. The number of carboxylic acid groups (broad SMARTS) is 1. The van der Waals surface area contributed by atoms with E-state index in [4.69, 9.17) is 9.84 Å². The van der Waals surface area contributed by atoms with Gasteiger partial charge in [0.05, 0.1) is 6.42 Å². The molecule has 0 aliphatic rings. The zero-order chi connectivity index (χ0) is 22.1. The molecule has 1 unspecified atom stereocenters. The Hall–Kier alpha value is -4.35. The lowest BCUT2D eigenvalue weighted by atomic mass is 10.1. The number of Topliss-reactive ketones (excluding diaryl/α,β-unsaturated/α-hetero) is 1. The Morgan fingerprint density at radius 1 is 1.23 bits per heavy atom. The molecule has 0 aliphatic heterocycles. The molecule has 2 aromatic heterocycles. The molecule has 3 N–H and O–H groups in total. The van der Waals surface area contributed by atoms with E-state index in [1.54, 1.807) is 48.8 Å². The summed E-state index contributed by atoms with van der Waals surface area (Å²) in [4.78, 5) is 42.8. The van der Waals surface area contributed by atoms with Gasteiger partial charge in [0.25, 0.3) is 0 Å². The number of nitrogens with one attached hydrogen (secondary N) is 2. The van der Waals surface area contributed by atoms with Crippen LogP contribution >= 0.6 is 0 Å². The number of aromatic amines is 1. The first kappa shape index (κ1) is 21.4. The Morgan fingerprint density at radius 2 is 2.03 bits per heavy atom. The SMILES string of the molecule is O=C(O)CC(NC(=O)OCc1ccccc1)C(=O)Cn1nnnc1/C=C/c1ncc[nH]1. The molecule has 1 aromatic carbocycles. The molecule has 0 radical (unpaired) electrons. The van der Waals surface area contributed by atoms with Crippen molar-refractivity contribution in [3.8, 4) is 0 Å². The minimum absolute atomic E-state index is 0.0185. The Kier molecular flexibility index (Phi) is 7.19. The summed E-state index contributed by atoms with van der Waals surface area (Å²) in [6, 6.07) is 7.62. The highest BCUT2D eigenvalue weighted by Crippen LogP contribution is 2.05. The second kappa shape index (κ2) is 10.4. The average molecular weight is 425 g/mol. The third-order valence-corrected chi connectivity index (χ3v) is 4.05.